The van der Waals surface area contributed by atoms with Crippen LogP contribution in [0.1, 0.15) is 29.6 Å². The molecule has 0 aliphatic rings. The fraction of sp³-hybridized carbons (Fsp3) is 0.333. The lowest BCUT2D eigenvalue weighted by atomic mass is 10.4. The van der Waals surface area contributed by atoms with Crippen LogP contribution >= 0.6 is 15.9 Å². The van der Waals surface area contributed by atoms with Crippen molar-refractivity contribution >= 4 is 27.7 Å². The minimum absolute atomic E-state index is 0.267. The molecule has 96 valence electrons. The largest absolute Gasteiger partial charge is 0.444 e. The summed E-state index contributed by atoms with van der Waals surface area (Å²) in [4.78, 5) is 11.9. The van der Waals surface area contributed by atoms with Crippen LogP contribution in [0.3, 0.4) is 0 Å². The third-order valence-electron chi connectivity index (χ3n) is 2.38. The van der Waals surface area contributed by atoms with Gasteiger partial charge in [0.15, 0.2) is 10.4 Å². The fourth-order valence-electron chi connectivity index (χ4n) is 1.64. The van der Waals surface area contributed by atoms with E-state index in [4.69, 9.17) is 4.42 Å². The number of aryl methyl sites for hydroxylation is 2. The molecule has 0 aliphatic carbocycles. The first-order valence-corrected chi connectivity index (χ1v) is 6.50. The van der Waals surface area contributed by atoms with E-state index in [1.165, 1.54) is 0 Å². The Balaban J connectivity index is 2.16. The molecule has 5 nitrogen and oxygen atoms in total. The zero-order valence-electron chi connectivity index (χ0n) is 10.2. The van der Waals surface area contributed by atoms with Gasteiger partial charge in [-0.05, 0) is 41.4 Å². The molecule has 0 aromatic carbocycles. The molecule has 0 bridgehead atoms. The topological polar surface area (TPSA) is 60.1 Å². The van der Waals surface area contributed by atoms with Crippen molar-refractivity contribution in [3.63, 3.8) is 0 Å². The van der Waals surface area contributed by atoms with E-state index in [9.17, 15) is 4.79 Å². The van der Waals surface area contributed by atoms with Gasteiger partial charge >= 0.3 is 0 Å². The molecule has 6 heteroatoms. The van der Waals surface area contributed by atoms with Crippen molar-refractivity contribution < 1.29 is 9.21 Å². The lowest BCUT2D eigenvalue weighted by Gasteiger charge is -2.06. The van der Waals surface area contributed by atoms with Gasteiger partial charge in [-0.2, -0.15) is 5.10 Å². The monoisotopic (exact) mass is 311 g/mol. The minimum atomic E-state index is -0.280. The maximum atomic E-state index is 11.9. The molecule has 0 aliphatic heterocycles. The molecule has 0 spiro atoms. The third kappa shape index (κ3) is 2.81. The molecule has 2 aromatic rings. The van der Waals surface area contributed by atoms with E-state index in [1.807, 2.05) is 13.0 Å². The average Bonchev–Trinajstić information content (AvgIpc) is 2.87. The lowest BCUT2D eigenvalue weighted by molar-refractivity contribution is 0.0994. The van der Waals surface area contributed by atoms with Gasteiger partial charge in [-0.3, -0.25) is 4.79 Å². The summed E-state index contributed by atoms with van der Waals surface area (Å²) in [5.41, 5.74) is 0.874. The number of rotatable bonds is 4. The van der Waals surface area contributed by atoms with E-state index in [1.54, 1.807) is 16.8 Å². The second kappa shape index (κ2) is 5.39. The maximum Gasteiger partial charge on any atom is 0.292 e. The Morgan fingerprint density at radius 3 is 2.94 bits per heavy atom. The number of furan rings is 1. The molecule has 2 rings (SSSR count). The quantitative estimate of drug-likeness (QED) is 0.943. The molecule has 0 radical (unpaired) electrons. The normalized spacial score (nSPS) is 10.6. The van der Waals surface area contributed by atoms with Crippen molar-refractivity contribution in [3.05, 3.63) is 34.3 Å². The second-order valence-corrected chi connectivity index (χ2v) is 4.73. The van der Waals surface area contributed by atoms with Gasteiger partial charge in [0.25, 0.3) is 5.91 Å². The number of hydrogen-bond donors (Lipinski definition) is 1. The lowest BCUT2D eigenvalue weighted by Crippen LogP contribution is -2.15. The third-order valence-corrected chi connectivity index (χ3v) is 2.80. The summed E-state index contributed by atoms with van der Waals surface area (Å²) >= 11 is 3.17. The van der Waals surface area contributed by atoms with E-state index < -0.39 is 0 Å². The van der Waals surface area contributed by atoms with E-state index >= 15 is 0 Å². The van der Waals surface area contributed by atoms with E-state index in [0.717, 1.165) is 18.7 Å². The van der Waals surface area contributed by atoms with Crippen LogP contribution in [0.2, 0.25) is 0 Å². The second-order valence-electron chi connectivity index (χ2n) is 3.95. The summed E-state index contributed by atoms with van der Waals surface area (Å²) in [6.07, 6.45) is 0.955. The Labute approximate surface area is 113 Å². The number of amides is 1. The molecule has 0 saturated carbocycles. The number of halogens is 1. The van der Waals surface area contributed by atoms with Gasteiger partial charge in [0.05, 0.1) is 5.69 Å². The summed E-state index contributed by atoms with van der Waals surface area (Å²) in [7, 11) is 0. The summed E-state index contributed by atoms with van der Waals surface area (Å²) in [5, 5.41) is 7.11. The first-order chi connectivity index (χ1) is 8.60. The molecule has 18 heavy (non-hydrogen) atoms. The number of aromatic nitrogens is 2. The van der Waals surface area contributed by atoms with Crippen LogP contribution in [-0.4, -0.2) is 15.7 Å². The molecule has 1 N–H and O–H groups in total. The van der Waals surface area contributed by atoms with Crippen molar-refractivity contribution in [2.24, 2.45) is 0 Å². The summed E-state index contributed by atoms with van der Waals surface area (Å²) in [6, 6.07) is 5.14. The number of carbonyl (C=O) groups excluding carboxylic acids is 1. The van der Waals surface area contributed by atoms with Crippen molar-refractivity contribution in [1.82, 2.24) is 9.78 Å². The molecular weight excluding hydrogens is 298 g/mol. The zero-order valence-corrected chi connectivity index (χ0v) is 11.8. The molecule has 0 saturated heterocycles. The van der Waals surface area contributed by atoms with Gasteiger partial charge < -0.3 is 9.73 Å². The molecular formula is C12H14BrN3O2. The molecule has 0 fully saturated rings. The van der Waals surface area contributed by atoms with Gasteiger partial charge in [-0.25, -0.2) is 4.68 Å². The van der Waals surface area contributed by atoms with Crippen LogP contribution in [0.5, 0.6) is 0 Å². The first kappa shape index (κ1) is 12.9. The Kier molecular flexibility index (Phi) is 3.86. The van der Waals surface area contributed by atoms with E-state index in [0.29, 0.717) is 10.5 Å². The van der Waals surface area contributed by atoms with Crippen LogP contribution in [0.4, 0.5) is 5.82 Å². The molecule has 2 heterocycles. The van der Waals surface area contributed by atoms with Gasteiger partial charge in [-0.1, -0.05) is 6.92 Å². The van der Waals surface area contributed by atoms with Gasteiger partial charge in [-0.15, -0.1) is 0 Å². The van der Waals surface area contributed by atoms with E-state index in [-0.39, 0.29) is 11.7 Å². The van der Waals surface area contributed by atoms with Crippen LogP contribution in [-0.2, 0) is 6.54 Å². The van der Waals surface area contributed by atoms with Gasteiger partial charge in [0.1, 0.15) is 5.82 Å². The maximum absolute atomic E-state index is 11.9. The highest BCUT2D eigenvalue weighted by Gasteiger charge is 2.13. The SMILES string of the molecule is CCCn1nc(C)cc1NC(=O)c1ccc(Br)o1. The standard InChI is InChI=1S/C12H14BrN3O2/c1-3-6-16-11(7-8(2)15-16)14-12(17)9-4-5-10(13)18-9/h4-5,7H,3,6H2,1-2H3,(H,14,17). The Morgan fingerprint density at radius 2 is 2.33 bits per heavy atom. The minimum Gasteiger partial charge on any atom is -0.444 e. The molecule has 1 amide bonds. The summed E-state index contributed by atoms with van der Waals surface area (Å²) in [6.45, 7) is 4.73. The van der Waals surface area contributed by atoms with Crippen LogP contribution in [0, 0.1) is 6.92 Å². The van der Waals surface area contributed by atoms with Crippen molar-refractivity contribution in [2.45, 2.75) is 26.8 Å². The smallest absolute Gasteiger partial charge is 0.292 e. The molecule has 0 atom stereocenters. The zero-order chi connectivity index (χ0) is 13.1. The number of nitrogens with zero attached hydrogens (tertiary/aromatic N) is 2. The number of hydrogen-bond acceptors (Lipinski definition) is 3. The highest BCUT2D eigenvalue weighted by Crippen LogP contribution is 2.17. The number of anilines is 1. The highest BCUT2D eigenvalue weighted by atomic mass is 79.9. The number of nitrogens with one attached hydrogen (secondary N) is 1. The Bertz CT molecular complexity index is 559. The first-order valence-electron chi connectivity index (χ1n) is 5.71. The van der Waals surface area contributed by atoms with Gasteiger partial charge in [0.2, 0.25) is 0 Å². The fourth-order valence-corrected chi connectivity index (χ4v) is 1.95. The Morgan fingerprint density at radius 1 is 1.56 bits per heavy atom. The van der Waals surface area contributed by atoms with Crippen LogP contribution < -0.4 is 5.32 Å². The highest BCUT2D eigenvalue weighted by molar-refractivity contribution is 9.10. The predicted molar refractivity (Wildman–Crippen MR) is 71.6 cm³/mol. The van der Waals surface area contributed by atoms with Crippen LogP contribution in [0.15, 0.2) is 27.3 Å². The molecule has 0 unspecified atom stereocenters. The van der Waals surface area contributed by atoms with Gasteiger partial charge in [0, 0.05) is 12.6 Å². The average molecular weight is 312 g/mol. The van der Waals surface area contributed by atoms with E-state index in [2.05, 4.69) is 33.3 Å². The van der Waals surface area contributed by atoms with Crippen molar-refractivity contribution in [3.8, 4) is 0 Å². The summed E-state index contributed by atoms with van der Waals surface area (Å²) < 4.78 is 7.52. The van der Waals surface area contributed by atoms with Crippen molar-refractivity contribution in [2.75, 3.05) is 5.32 Å². The number of carbonyl (C=O) groups is 1. The molecule has 2 aromatic heterocycles. The van der Waals surface area contributed by atoms with Crippen LogP contribution in [0.25, 0.3) is 0 Å². The predicted octanol–water partition coefficient (Wildman–Crippen LogP) is 3.21. The Hall–Kier alpha value is -1.56. The van der Waals surface area contributed by atoms with Crippen molar-refractivity contribution in [1.29, 1.82) is 0 Å². The summed E-state index contributed by atoms with van der Waals surface area (Å²) in [5.74, 6) is 0.675.